The van der Waals surface area contributed by atoms with Crippen LogP contribution in [0.5, 0.6) is 11.6 Å². The Kier molecular flexibility index (Phi) is 2.29. The molecule has 0 aromatic carbocycles. The molecule has 1 aromatic heterocycles. The number of nitrogens with zero attached hydrogens (tertiary/aromatic N) is 2. The van der Waals surface area contributed by atoms with E-state index < -0.39 is 0 Å². The summed E-state index contributed by atoms with van der Waals surface area (Å²) in [5, 5.41) is 0. The highest BCUT2D eigenvalue weighted by atomic mass is 16.6. The maximum absolute atomic E-state index is 5.55. The first-order chi connectivity index (χ1) is 6.97. The Bertz CT molecular complexity index is 371. The Morgan fingerprint density at radius 1 is 1.40 bits per heavy atom. The van der Waals surface area contributed by atoms with Gasteiger partial charge in [-0.15, -0.1) is 0 Å². The monoisotopic (exact) mass is 208 g/mol. The molecule has 0 radical (unpaired) electrons. The van der Waals surface area contributed by atoms with E-state index in [4.69, 9.17) is 9.47 Å². The van der Waals surface area contributed by atoms with Crippen molar-refractivity contribution >= 4 is 0 Å². The number of hydrogen-bond donors (Lipinski definition) is 0. The predicted molar refractivity (Wildman–Crippen MR) is 56.3 cm³/mol. The highest BCUT2D eigenvalue weighted by molar-refractivity contribution is 5.33. The van der Waals surface area contributed by atoms with E-state index in [-0.39, 0.29) is 11.5 Å². The average Bonchev–Trinajstić information content (AvgIpc) is 2.15. The van der Waals surface area contributed by atoms with Gasteiger partial charge in [0, 0.05) is 5.41 Å². The maximum atomic E-state index is 5.55. The van der Waals surface area contributed by atoms with Crippen molar-refractivity contribution in [2.75, 3.05) is 6.61 Å². The van der Waals surface area contributed by atoms with Gasteiger partial charge in [0.1, 0.15) is 18.5 Å². The fraction of sp³-hybridized carbons (Fsp3) is 0.636. The summed E-state index contributed by atoms with van der Waals surface area (Å²) in [6, 6.07) is 0. The number of aromatic nitrogens is 2. The lowest BCUT2D eigenvalue weighted by Crippen LogP contribution is -2.27. The number of rotatable bonds is 0. The van der Waals surface area contributed by atoms with Gasteiger partial charge in [0.2, 0.25) is 0 Å². The molecule has 0 bridgehead atoms. The molecule has 1 aliphatic rings. The summed E-state index contributed by atoms with van der Waals surface area (Å²) < 4.78 is 11.0. The van der Waals surface area contributed by atoms with E-state index in [0.717, 1.165) is 5.82 Å². The molecule has 0 saturated carbocycles. The van der Waals surface area contributed by atoms with Crippen LogP contribution in [0, 0.1) is 0 Å². The van der Waals surface area contributed by atoms with Crippen LogP contribution in [0.3, 0.4) is 0 Å². The molecule has 15 heavy (non-hydrogen) atoms. The third kappa shape index (κ3) is 2.03. The molecule has 0 aliphatic carbocycles. The molecule has 1 aromatic rings. The fourth-order valence-corrected chi connectivity index (χ4v) is 1.35. The van der Waals surface area contributed by atoms with E-state index >= 15 is 0 Å². The van der Waals surface area contributed by atoms with Crippen LogP contribution in [0.1, 0.15) is 33.5 Å². The van der Waals surface area contributed by atoms with Gasteiger partial charge in [-0.05, 0) is 6.92 Å². The summed E-state index contributed by atoms with van der Waals surface area (Å²) >= 11 is 0. The van der Waals surface area contributed by atoms with Crippen molar-refractivity contribution in [3.63, 3.8) is 0 Å². The van der Waals surface area contributed by atoms with E-state index in [1.54, 1.807) is 6.20 Å². The minimum absolute atomic E-state index is 0.0680. The first kappa shape index (κ1) is 10.2. The van der Waals surface area contributed by atoms with Gasteiger partial charge in [0.05, 0.1) is 6.20 Å². The van der Waals surface area contributed by atoms with Crippen molar-refractivity contribution in [2.45, 2.75) is 39.2 Å². The van der Waals surface area contributed by atoms with Crippen LogP contribution in [-0.4, -0.2) is 22.7 Å². The quantitative estimate of drug-likeness (QED) is 0.653. The number of fused-ring (bicyclic) bond motifs is 1. The normalized spacial score (nSPS) is 20.1. The molecule has 1 atom stereocenters. The predicted octanol–water partition coefficient (Wildman–Crippen LogP) is 1.93. The molecule has 4 heteroatoms. The van der Waals surface area contributed by atoms with Crippen molar-refractivity contribution in [3.05, 3.63) is 12.0 Å². The lowest BCUT2D eigenvalue weighted by molar-refractivity contribution is 0.0971. The zero-order valence-corrected chi connectivity index (χ0v) is 9.57. The van der Waals surface area contributed by atoms with Crippen LogP contribution in [-0.2, 0) is 5.41 Å². The Balaban J connectivity index is 2.35. The van der Waals surface area contributed by atoms with Gasteiger partial charge in [-0.2, -0.15) is 4.98 Å². The highest BCUT2D eigenvalue weighted by Crippen LogP contribution is 2.30. The van der Waals surface area contributed by atoms with Gasteiger partial charge >= 0.3 is 0 Å². The van der Waals surface area contributed by atoms with Crippen molar-refractivity contribution < 1.29 is 9.47 Å². The molecule has 2 heterocycles. The van der Waals surface area contributed by atoms with E-state index in [9.17, 15) is 0 Å². The van der Waals surface area contributed by atoms with E-state index in [0.29, 0.717) is 18.2 Å². The molecule has 0 spiro atoms. The van der Waals surface area contributed by atoms with Gasteiger partial charge in [-0.25, -0.2) is 4.98 Å². The molecule has 1 aliphatic heterocycles. The summed E-state index contributed by atoms with van der Waals surface area (Å²) in [5.41, 5.74) is -0.0680. The first-order valence-corrected chi connectivity index (χ1v) is 5.14. The Labute approximate surface area is 89.6 Å². The second kappa shape index (κ2) is 3.36. The van der Waals surface area contributed by atoms with Crippen LogP contribution in [0.25, 0.3) is 0 Å². The van der Waals surface area contributed by atoms with E-state index in [1.165, 1.54) is 0 Å². The van der Waals surface area contributed by atoms with E-state index in [1.807, 2.05) is 6.92 Å². The summed E-state index contributed by atoms with van der Waals surface area (Å²) in [7, 11) is 0. The topological polar surface area (TPSA) is 44.2 Å². The second-order valence-electron chi connectivity index (χ2n) is 4.85. The number of hydrogen-bond acceptors (Lipinski definition) is 4. The Hall–Kier alpha value is -1.32. The van der Waals surface area contributed by atoms with Crippen LogP contribution < -0.4 is 9.47 Å². The fourth-order valence-electron chi connectivity index (χ4n) is 1.35. The molecule has 0 saturated heterocycles. The van der Waals surface area contributed by atoms with Crippen molar-refractivity contribution in [1.29, 1.82) is 0 Å². The Morgan fingerprint density at radius 2 is 2.13 bits per heavy atom. The second-order valence-corrected chi connectivity index (χ2v) is 4.85. The molecule has 0 unspecified atom stereocenters. The van der Waals surface area contributed by atoms with Crippen LogP contribution in [0.15, 0.2) is 6.20 Å². The SMILES string of the molecule is C[C@@H]1COc2nc(C(C)(C)C)ncc2O1. The zero-order valence-electron chi connectivity index (χ0n) is 9.57. The molecule has 82 valence electrons. The summed E-state index contributed by atoms with van der Waals surface area (Å²) in [6.07, 6.45) is 1.76. The van der Waals surface area contributed by atoms with E-state index in [2.05, 4.69) is 30.7 Å². The molecule has 0 amide bonds. The molecule has 0 N–H and O–H groups in total. The van der Waals surface area contributed by atoms with Crippen molar-refractivity contribution in [1.82, 2.24) is 9.97 Å². The summed E-state index contributed by atoms with van der Waals surface area (Å²) in [5.74, 6) is 1.98. The van der Waals surface area contributed by atoms with Crippen molar-refractivity contribution in [2.24, 2.45) is 0 Å². The van der Waals surface area contributed by atoms with Gasteiger partial charge in [-0.3, -0.25) is 0 Å². The largest absolute Gasteiger partial charge is 0.480 e. The van der Waals surface area contributed by atoms with Crippen molar-refractivity contribution in [3.8, 4) is 11.6 Å². The molecule has 4 nitrogen and oxygen atoms in total. The van der Waals surface area contributed by atoms with Gasteiger partial charge < -0.3 is 9.47 Å². The third-order valence-electron chi connectivity index (χ3n) is 2.18. The van der Waals surface area contributed by atoms with Crippen LogP contribution >= 0.6 is 0 Å². The zero-order chi connectivity index (χ0) is 11.1. The average molecular weight is 208 g/mol. The molecule has 2 rings (SSSR count). The lowest BCUT2D eigenvalue weighted by atomic mass is 9.96. The highest BCUT2D eigenvalue weighted by Gasteiger charge is 2.23. The molecular weight excluding hydrogens is 192 g/mol. The maximum Gasteiger partial charge on any atom is 0.260 e. The summed E-state index contributed by atoms with van der Waals surface area (Å²) in [4.78, 5) is 8.64. The summed E-state index contributed by atoms with van der Waals surface area (Å²) in [6.45, 7) is 8.72. The third-order valence-corrected chi connectivity index (χ3v) is 2.18. The molecule has 0 fully saturated rings. The minimum Gasteiger partial charge on any atom is -0.480 e. The standard InChI is InChI=1S/C11H16N2O2/c1-7-6-14-9-8(15-7)5-12-10(13-9)11(2,3)4/h5,7H,6H2,1-4H3/t7-/m1/s1. The van der Waals surface area contributed by atoms with Crippen LogP contribution in [0.2, 0.25) is 0 Å². The lowest BCUT2D eigenvalue weighted by Gasteiger charge is -2.24. The van der Waals surface area contributed by atoms with Gasteiger partial charge in [0.15, 0.2) is 5.75 Å². The first-order valence-electron chi connectivity index (χ1n) is 5.14. The minimum atomic E-state index is -0.0680. The molecular formula is C11H16N2O2. The Morgan fingerprint density at radius 3 is 2.80 bits per heavy atom. The van der Waals surface area contributed by atoms with Crippen LogP contribution in [0.4, 0.5) is 0 Å². The van der Waals surface area contributed by atoms with Gasteiger partial charge in [0.25, 0.3) is 5.88 Å². The number of ether oxygens (including phenoxy) is 2. The van der Waals surface area contributed by atoms with Gasteiger partial charge in [-0.1, -0.05) is 20.8 Å². The smallest absolute Gasteiger partial charge is 0.260 e.